The number of hydrogen-bond acceptors (Lipinski definition) is 1. The molecule has 0 radical (unpaired) electrons. The average Bonchev–Trinajstić information content (AvgIpc) is 2.26. The van der Waals surface area contributed by atoms with Gasteiger partial charge in [0.15, 0.2) is 0 Å². The van der Waals surface area contributed by atoms with E-state index in [0.717, 1.165) is 17.9 Å². The highest BCUT2D eigenvalue weighted by Gasteiger charge is 2.49. The van der Waals surface area contributed by atoms with Crippen LogP contribution in [-0.2, 0) is 0 Å². The summed E-state index contributed by atoms with van der Waals surface area (Å²) in [7, 11) is 0. The molecular formula is C13H18ClN. The molecule has 3 atom stereocenters. The third-order valence-corrected chi connectivity index (χ3v) is 4.52. The van der Waals surface area contributed by atoms with Crippen molar-refractivity contribution in [3.63, 3.8) is 0 Å². The SMILES string of the molecule is CCC1(C)C(N)CC1c1ccccc1Cl. The lowest BCUT2D eigenvalue weighted by Gasteiger charge is -2.53. The van der Waals surface area contributed by atoms with Gasteiger partial charge >= 0.3 is 0 Å². The van der Waals surface area contributed by atoms with Crippen molar-refractivity contribution in [2.24, 2.45) is 11.1 Å². The highest BCUT2D eigenvalue weighted by atomic mass is 35.5. The maximum absolute atomic E-state index is 6.22. The van der Waals surface area contributed by atoms with Gasteiger partial charge in [-0.2, -0.15) is 0 Å². The normalized spacial score (nSPS) is 34.9. The fourth-order valence-electron chi connectivity index (χ4n) is 2.64. The van der Waals surface area contributed by atoms with Crippen molar-refractivity contribution in [2.75, 3.05) is 0 Å². The molecule has 0 saturated heterocycles. The Hall–Kier alpha value is -0.530. The maximum Gasteiger partial charge on any atom is 0.0441 e. The van der Waals surface area contributed by atoms with Gasteiger partial charge in [0.2, 0.25) is 0 Å². The van der Waals surface area contributed by atoms with Gasteiger partial charge in [0.05, 0.1) is 0 Å². The summed E-state index contributed by atoms with van der Waals surface area (Å²) in [5.41, 5.74) is 7.60. The van der Waals surface area contributed by atoms with Gasteiger partial charge < -0.3 is 5.73 Å². The van der Waals surface area contributed by atoms with Crippen molar-refractivity contribution in [3.05, 3.63) is 34.9 Å². The lowest BCUT2D eigenvalue weighted by Crippen LogP contribution is -2.54. The van der Waals surface area contributed by atoms with Crippen LogP contribution in [0.2, 0.25) is 5.02 Å². The molecule has 1 aliphatic rings. The Balaban J connectivity index is 2.31. The second-order valence-corrected chi connectivity index (χ2v) is 5.18. The molecule has 1 aromatic carbocycles. The van der Waals surface area contributed by atoms with Crippen LogP contribution in [0.3, 0.4) is 0 Å². The Morgan fingerprint density at radius 1 is 1.47 bits per heavy atom. The van der Waals surface area contributed by atoms with E-state index >= 15 is 0 Å². The molecule has 3 unspecified atom stereocenters. The third kappa shape index (κ3) is 1.58. The predicted octanol–water partition coefficient (Wildman–Crippen LogP) is 3.57. The van der Waals surface area contributed by atoms with Crippen LogP contribution >= 0.6 is 11.6 Å². The topological polar surface area (TPSA) is 26.0 Å². The van der Waals surface area contributed by atoms with Gasteiger partial charge in [-0.1, -0.05) is 43.6 Å². The number of hydrogen-bond donors (Lipinski definition) is 1. The first kappa shape index (κ1) is 11.0. The maximum atomic E-state index is 6.22. The van der Waals surface area contributed by atoms with E-state index in [2.05, 4.69) is 26.0 Å². The zero-order valence-electron chi connectivity index (χ0n) is 9.33. The molecule has 0 aromatic heterocycles. The molecule has 1 fully saturated rings. The fourth-order valence-corrected chi connectivity index (χ4v) is 2.91. The first-order valence-corrected chi connectivity index (χ1v) is 5.97. The molecule has 82 valence electrons. The number of halogens is 1. The molecule has 1 nitrogen and oxygen atoms in total. The number of rotatable bonds is 2. The molecule has 0 spiro atoms. The molecule has 0 amide bonds. The molecule has 2 heteroatoms. The van der Waals surface area contributed by atoms with E-state index < -0.39 is 0 Å². The molecule has 1 saturated carbocycles. The van der Waals surface area contributed by atoms with Crippen LogP contribution in [-0.4, -0.2) is 6.04 Å². The first-order valence-electron chi connectivity index (χ1n) is 5.59. The van der Waals surface area contributed by atoms with Gasteiger partial charge in [0.25, 0.3) is 0 Å². The van der Waals surface area contributed by atoms with E-state index in [1.54, 1.807) is 0 Å². The summed E-state index contributed by atoms with van der Waals surface area (Å²) in [6.45, 7) is 4.48. The minimum Gasteiger partial charge on any atom is -0.327 e. The fraction of sp³-hybridized carbons (Fsp3) is 0.538. The van der Waals surface area contributed by atoms with Crippen molar-refractivity contribution < 1.29 is 0 Å². The van der Waals surface area contributed by atoms with Crippen LogP contribution in [0.1, 0.15) is 38.2 Å². The third-order valence-electron chi connectivity index (χ3n) is 4.18. The van der Waals surface area contributed by atoms with Gasteiger partial charge in [0.1, 0.15) is 0 Å². The Morgan fingerprint density at radius 2 is 2.13 bits per heavy atom. The summed E-state index contributed by atoms with van der Waals surface area (Å²) < 4.78 is 0. The van der Waals surface area contributed by atoms with Crippen molar-refractivity contribution in [1.82, 2.24) is 0 Å². The quantitative estimate of drug-likeness (QED) is 0.815. The molecule has 0 bridgehead atoms. The van der Waals surface area contributed by atoms with E-state index in [9.17, 15) is 0 Å². The summed E-state index contributed by atoms with van der Waals surface area (Å²) >= 11 is 6.22. The molecule has 0 aliphatic heterocycles. The molecule has 2 rings (SSSR count). The number of nitrogens with two attached hydrogens (primary N) is 1. The van der Waals surface area contributed by atoms with Crippen LogP contribution in [0.15, 0.2) is 24.3 Å². The zero-order valence-corrected chi connectivity index (χ0v) is 10.1. The lowest BCUT2D eigenvalue weighted by molar-refractivity contribution is 0.0706. The predicted molar refractivity (Wildman–Crippen MR) is 65.2 cm³/mol. The minimum absolute atomic E-state index is 0.227. The van der Waals surface area contributed by atoms with Crippen LogP contribution in [0.25, 0.3) is 0 Å². The zero-order chi connectivity index (χ0) is 11.1. The van der Waals surface area contributed by atoms with Crippen molar-refractivity contribution in [1.29, 1.82) is 0 Å². The summed E-state index contributed by atoms with van der Waals surface area (Å²) in [4.78, 5) is 0. The molecular weight excluding hydrogens is 206 g/mol. The Morgan fingerprint density at radius 3 is 2.67 bits per heavy atom. The highest BCUT2D eigenvalue weighted by Crippen LogP contribution is 2.55. The summed E-state index contributed by atoms with van der Waals surface area (Å²) in [6, 6.07) is 8.46. The average molecular weight is 224 g/mol. The van der Waals surface area contributed by atoms with Gasteiger partial charge in [0, 0.05) is 11.1 Å². The lowest BCUT2D eigenvalue weighted by atomic mass is 9.54. The number of benzene rings is 1. The van der Waals surface area contributed by atoms with Crippen LogP contribution in [0.5, 0.6) is 0 Å². The van der Waals surface area contributed by atoms with Crippen LogP contribution < -0.4 is 5.73 Å². The van der Waals surface area contributed by atoms with Gasteiger partial charge in [-0.15, -0.1) is 0 Å². The van der Waals surface area contributed by atoms with Crippen molar-refractivity contribution in [3.8, 4) is 0 Å². The molecule has 1 aromatic rings. The second-order valence-electron chi connectivity index (χ2n) is 4.78. The summed E-state index contributed by atoms with van der Waals surface area (Å²) in [6.07, 6.45) is 2.18. The Labute approximate surface area is 96.6 Å². The monoisotopic (exact) mass is 223 g/mol. The van der Waals surface area contributed by atoms with Crippen LogP contribution in [0.4, 0.5) is 0 Å². The van der Waals surface area contributed by atoms with E-state index in [1.807, 2.05) is 12.1 Å². The van der Waals surface area contributed by atoms with Gasteiger partial charge in [-0.3, -0.25) is 0 Å². The van der Waals surface area contributed by atoms with E-state index in [1.165, 1.54) is 5.56 Å². The second kappa shape index (κ2) is 3.80. The van der Waals surface area contributed by atoms with E-state index in [0.29, 0.717) is 12.0 Å². The van der Waals surface area contributed by atoms with E-state index in [-0.39, 0.29) is 5.41 Å². The standard InChI is InChI=1S/C13H18ClN/c1-3-13(2)10(8-12(13)15)9-6-4-5-7-11(9)14/h4-7,10,12H,3,8,15H2,1-2H3. The molecule has 0 heterocycles. The van der Waals surface area contributed by atoms with Crippen molar-refractivity contribution >= 4 is 11.6 Å². The Bertz CT molecular complexity index is 363. The first-order chi connectivity index (χ1) is 7.09. The Kier molecular flexibility index (Phi) is 2.78. The van der Waals surface area contributed by atoms with Gasteiger partial charge in [-0.25, -0.2) is 0 Å². The summed E-state index contributed by atoms with van der Waals surface area (Å²) in [5.74, 6) is 0.534. The minimum atomic E-state index is 0.227. The van der Waals surface area contributed by atoms with Crippen molar-refractivity contribution in [2.45, 2.75) is 38.6 Å². The van der Waals surface area contributed by atoms with Crippen LogP contribution in [0, 0.1) is 5.41 Å². The van der Waals surface area contributed by atoms with Gasteiger partial charge in [-0.05, 0) is 35.8 Å². The van der Waals surface area contributed by atoms with E-state index in [4.69, 9.17) is 17.3 Å². The summed E-state index contributed by atoms with van der Waals surface area (Å²) in [5, 5.41) is 0.883. The molecule has 1 aliphatic carbocycles. The largest absolute Gasteiger partial charge is 0.327 e. The smallest absolute Gasteiger partial charge is 0.0441 e. The molecule has 2 N–H and O–H groups in total. The molecule has 15 heavy (non-hydrogen) atoms. The highest BCUT2D eigenvalue weighted by molar-refractivity contribution is 6.31.